The number of hydrogen-bond donors (Lipinski definition) is 2. The van der Waals surface area contributed by atoms with Crippen molar-refractivity contribution in [2.24, 2.45) is 11.7 Å². The van der Waals surface area contributed by atoms with Crippen LogP contribution >= 0.6 is 0 Å². The third-order valence-corrected chi connectivity index (χ3v) is 3.72. The van der Waals surface area contributed by atoms with Crippen molar-refractivity contribution < 1.29 is 0 Å². The second kappa shape index (κ2) is 5.43. The summed E-state index contributed by atoms with van der Waals surface area (Å²) in [6, 6.07) is 0. The summed E-state index contributed by atoms with van der Waals surface area (Å²) in [7, 11) is 0. The van der Waals surface area contributed by atoms with Gasteiger partial charge in [0.15, 0.2) is 5.82 Å². The number of nitrogens with one attached hydrogen (secondary N) is 1. The van der Waals surface area contributed by atoms with Crippen molar-refractivity contribution in [2.75, 3.05) is 6.54 Å². The molecule has 3 N–H and O–H groups in total. The Kier molecular flexibility index (Phi) is 3.93. The second-order valence-electron chi connectivity index (χ2n) is 4.80. The number of nitrogens with zero attached hydrogens (tertiary/aromatic N) is 2. The monoisotopic (exact) mass is 222 g/mol. The highest BCUT2D eigenvalue weighted by Gasteiger charge is 2.23. The number of aromatic amines is 1. The quantitative estimate of drug-likeness (QED) is 0.818. The van der Waals surface area contributed by atoms with Gasteiger partial charge in [-0.2, -0.15) is 5.10 Å². The van der Waals surface area contributed by atoms with Crippen molar-refractivity contribution in [3.63, 3.8) is 0 Å². The van der Waals surface area contributed by atoms with Gasteiger partial charge >= 0.3 is 0 Å². The Morgan fingerprint density at radius 2 is 2.06 bits per heavy atom. The van der Waals surface area contributed by atoms with Crippen LogP contribution in [0.25, 0.3) is 0 Å². The molecular weight excluding hydrogens is 200 g/mol. The molecule has 0 bridgehead atoms. The maximum atomic E-state index is 5.50. The minimum Gasteiger partial charge on any atom is -0.330 e. The molecule has 0 radical (unpaired) electrons. The van der Waals surface area contributed by atoms with Crippen LogP contribution in [0.3, 0.4) is 0 Å². The minimum atomic E-state index is 0.575. The Balaban J connectivity index is 1.92. The van der Waals surface area contributed by atoms with E-state index in [4.69, 9.17) is 5.73 Å². The lowest BCUT2D eigenvalue weighted by Crippen LogP contribution is -2.13. The molecule has 2 rings (SSSR count). The lowest BCUT2D eigenvalue weighted by atomic mass is 9.80. The van der Waals surface area contributed by atoms with E-state index in [0.29, 0.717) is 12.5 Å². The molecule has 1 heterocycles. The normalized spacial score (nSPS) is 25.9. The minimum absolute atomic E-state index is 0.575. The predicted molar refractivity (Wildman–Crippen MR) is 64.1 cm³/mol. The van der Waals surface area contributed by atoms with Gasteiger partial charge in [0, 0.05) is 12.3 Å². The van der Waals surface area contributed by atoms with Crippen molar-refractivity contribution in [2.45, 2.75) is 51.4 Å². The highest BCUT2D eigenvalue weighted by atomic mass is 15.2. The molecule has 90 valence electrons. The van der Waals surface area contributed by atoms with Crippen LogP contribution in [0.2, 0.25) is 0 Å². The molecule has 1 aliphatic rings. The third kappa shape index (κ3) is 2.61. The van der Waals surface area contributed by atoms with Gasteiger partial charge in [-0.25, -0.2) is 4.98 Å². The average Bonchev–Trinajstić information content (AvgIpc) is 2.78. The first kappa shape index (κ1) is 11.6. The highest BCUT2D eigenvalue weighted by molar-refractivity contribution is 5.00. The van der Waals surface area contributed by atoms with Crippen molar-refractivity contribution in [3.8, 4) is 0 Å². The Morgan fingerprint density at radius 1 is 1.31 bits per heavy atom. The molecule has 0 unspecified atom stereocenters. The lowest BCUT2D eigenvalue weighted by molar-refractivity contribution is 0.312. The maximum absolute atomic E-state index is 5.50. The van der Waals surface area contributed by atoms with Crippen molar-refractivity contribution in [1.82, 2.24) is 15.2 Å². The molecule has 1 aromatic rings. The molecular formula is C12H22N4. The molecule has 1 saturated carbocycles. The molecule has 0 atom stereocenters. The van der Waals surface area contributed by atoms with E-state index in [-0.39, 0.29) is 0 Å². The summed E-state index contributed by atoms with van der Waals surface area (Å²) in [5, 5.41) is 7.31. The number of aromatic nitrogens is 3. The van der Waals surface area contributed by atoms with Crippen molar-refractivity contribution in [3.05, 3.63) is 11.6 Å². The summed E-state index contributed by atoms with van der Waals surface area (Å²) in [5.74, 6) is 3.46. The molecule has 0 spiro atoms. The lowest BCUT2D eigenvalue weighted by Gasteiger charge is -2.25. The van der Waals surface area contributed by atoms with Crippen LogP contribution in [-0.4, -0.2) is 21.7 Å². The Bertz CT molecular complexity index is 313. The molecule has 0 aromatic carbocycles. The van der Waals surface area contributed by atoms with E-state index in [1.807, 2.05) is 0 Å². The summed E-state index contributed by atoms with van der Waals surface area (Å²) < 4.78 is 0. The van der Waals surface area contributed by atoms with E-state index >= 15 is 0 Å². The number of nitrogens with two attached hydrogens (primary N) is 1. The van der Waals surface area contributed by atoms with Gasteiger partial charge in [0.05, 0.1) is 0 Å². The van der Waals surface area contributed by atoms with Gasteiger partial charge in [0.1, 0.15) is 5.82 Å². The smallest absolute Gasteiger partial charge is 0.153 e. The SMILES string of the molecule is CCC1CCC(c2n[nH]c(CCN)n2)CC1. The van der Waals surface area contributed by atoms with Crippen LogP contribution < -0.4 is 5.73 Å². The van der Waals surface area contributed by atoms with E-state index in [2.05, 4.69) is 22.1 Å². The summed E-state index contributed by atoms with van der Waals surface area (Å²) in [6.07, 6.45) is 7.29. The molecule has 1 fully saturated rings. The van der Waals surface area contributed by atoms with Gasteiger partial charge in [-0.05, 0) is 38.1 Å². The topological polar surface area (TPSA) is 67.6 Å². The number of rotatable bonds is 4. The van der Waals surface area contributed by atoms with Gasteiger partial charge < -0.3 is 5.73 Å². The largest absolute Gasteiger partial charge is 0.330 e. The molecule has 1 aliphatic carbocycles. The summed E-state index contributed by atoms with van der Waals surface area (Å²) in [6.45, 7) is 2.92. The Hall–Kier alpha value is -0.900. The van der Waals surface area contributed by atoms with E-state index in [0.717, 1.165) is 24.0 Å². The zero-order chi connectivity index (χ0) is 11.4. The fourth-order valence-electron chi connectivity index (χ4n) is 2.57. The molecule has 0 saturated heterocycles. The summed E-state index contributed by atoms with van der Waals surface area (Å²) >= 11 is 0. The molecule has 4 nitrogen and oxygen atoms in total. The van der Waals surface area contributed by atoms with Crippen molar-refractivity contribution in [1.29, 1.82) is 0 Å². The first-order valence-electron chi connectivity index (χ1n) is 6.44. The maximum Gasteiger partial charge on any atom is 0.153 e. The van der Waals surface area contributed by atoms with Gasteiger partial charge in [0.25, 0.3) is 0 Å². The van der Waals surface area contributed by atoms with Gasteiger partial charge in [0.2, 0.25) is 0 Å². The van der Waals surface area contributed by atoms with Crippen molar-refractivity contribution >= 4 is 0 Å². The van der Waals surface area contributed by atoms with Crippen LogP contribution in [-0.2, 0) is 6.42 Å². The second-order valence-corrected chi connectivity index (χ2v) is 4.80. The first-order valence-corrected chi connectivity index (χ1v) is 6.44. The molecule has 16 heavy (non-hydrogen) atoms. The van der Waals surface area contributed by atoms with E-state index in [9.17, 15) is 0 Å². The van der Waals surface area contributed by atoms with Gasteiger partial charge in [-0.3, -0.25) is 5.10 Å². The summed E-state index contributed by atoms with van der Waals surface area (Å²) in [4.78, 5) is 4.53. The fraction of sp³-hybridized carbons (Fsp3) is 0.833. The zero-order valence-electron chi connectivity index (χ0n) is 10.1. The molecule has 4 heteroatoms. The highest BCUT2D eigenvalue weighted by Crippen LogP contribution is 2.35. The Labute approximate surface area is 97.0 Å². The van der Waals surface area contributed by atoms with Crippen LogP contribution in [0.5, 0.6) is 0 Å². The summed E-state index contributed by atoms with van der Waals surface area (Å²) in [5.41, 5.74) is 5.50. The molecule has 0 amide bonds. The molecule has 1 aromatic heterocycles. The van der Waals surface area contributed by atoms with Crippen LogP contribution in [0.4, 0.5) is 0 Å². The zero-order valence-corrected chi connectivity index (χ0v) is 10.1. The third-order valence-electron chi connectivity index (χ3n) is 3.72. The van der Waals surface area contributed by atoms with E-state index in [1.165, 1.54) is 32.1 Å². The van der Waals surface area contributed by atoms with Crippen LogP contribution in [0.1, 0.15) is 56.6 Å². The van der Waals surface area contributed by atoms with Crippen LogP contribution in [0.15, 0.2) is 0 Å². The Morgan fingerprint density at radius 3 is 2.69 bits per heavy atom. The fourth-order valence-corrected chi connectivity index (χ4v) is 2.57. The van der Waals surface area contributed by atoms with E-state index < -0.39 is 0 Å². The first-order chi connectivity index (χ1) is 7.83. The van der Waals surface area contributed by atoms with Gasteiger partial charge in [-0.15, -0.1) is 0 Å². The van der Waals surface area contributed by atoms with Gasteiger partial charge in [-0.1, -0.05) is 13.3 Å². The number of hydrogen-bond acceptors (Lipinski definition) is 3. The predicted octanol–water partition coefficient (Wildman–Crippen LogP) is 1.99. The molecule has 0 aliphatic heterocycles. The average molecular weight is 222 g/mol. The number of H-pyrrole nitrogens is 1. The van der Waals surface area contributed by atoms with E-state index in [1.54, 1.807) is 0 Å². The van der Waals surface area contributed by atoms with Crippen LogP contribution in [0, 0.1) is 5.92 Å². The standard InChI is InChI=1S/C12H22N4/c1-2-9-3-5-10(6-4-9)12-14-11(7-8-13)15-16-12/h9-10H,2-8,13H2,1H3,(H,14,15,16).